The highest BCUT2D eigenvalue weighted by Crippen LogP contribution is 2.25. The molecule has 0 radical (unpaired) electrons. The van der Waals surface area contributed by atoms with Gasteiger partial charge in [-0.15, -0.1) is 0 Å². The van der Waals surface area contributed by atoms with Crippen LogP contribution < -0.4 is 0 Å². The van der Waals surface area contributed by atoms with Crippen molar-refractivity contribution in [3.63, 3.8) is 0 Å². The third-order valence-corrected chi connectivity index (χ3v) is 3.87. The number of carbonyl (C=O) groups excluding carboxylic acids is 1. The fourth-order valence-electron chi connectivity index (χ4n) is 2.64. The smallest absolute Gasteiger partial charge is 0.358 e. The minimum absolute atomic E-state index is 0.277. The van der Waals surface area contributed by atoms with Crippen LogP contribution in [0.3, 0.4) is 0 Å². The zero-order chi connectivity index (χ0) is 17.8. The van der Waals surface area contributed by atoms with E-state index >= 15 is 0 Å². The van der Waals surface area contributed by atoms with E-state index in [0.29, 0.717) is 6.61 Å². The summed E-state index contributed by atoms with van der Waals surface area (Å²) in [6.45, 7) is 2.08. The maximum absolute atomic E-state index is 11.8. The Hall–Kier alpha value is -2.93. The number of aromatic nitrogens is 4. The fourth-order valence-corrected chi connectivity index (χ4v) is 2.64. The average Bonchev–Trinajstić information content (AvgIpc) is 3.26. The van der Waals surface area contributed by atoms with E-state index in [4.69, 9.17) is 9.47 Å². The summed E-state index contributed by atoms with van der Waals surface area (Å²) in [5.74, 6) is 0.387. The van der Waals surface area contributed by atoms with Gasteiger partial charge in [-0.1, -0.05) is 12.1 Å². The second-order valence-electron chi connectivity index (χ2n) is 5.49. The first-order valence-corrected chi connectivity index (χ1v) is 7.95. The molecule has 0 aliphatic rings. The number of esters is 1. The summed E-state index contributed by atoms with van der Waals surface area (Å²) in [5, 5.41) is 0. The second-order valence-corrected chi connectivity index (χ2v) is 5.49. The molecule has 0 N–H and O–H groups in total. The molecule has 0 aliphatic heterocycles. The molecule has 2 heterocycles. The standard InChI is InChI=1S/C18H20N4O3/c1-4-25-18(23)15-11-22(12-20-15)14-7-5-6-13(10-14)16(24-3)17-19-8-9-21(17)2/h5-12,16H,4H2,1-3H3. The van der Waals surface area contributed by atoms with Crippen molar-refractivity contribution in [3.8, 4) is 5.69 Å². The van der Waals surface area contributed by atoms with Crippen molar-refractivity contribution in [1.29, 1.82) is 0 Å². The molecule has 0 fully saturated rings. The summed E-state index contributed by atoms with van der Waals surface area (Å²) in [5.41, 5.74) is 2.11. The second kappa shape index (κ2) is 7.31. The molecule has 0 amide bonds. The molecule has 0 spiro atoms. The Morgan fingerprint density at radius 2 is 2.16 bits per heavy atom. The molecule has 3 rings (SSSR count). The van der Waals surface area contributed by atoms with Gasteiger partial charge in [-0.2, -0.15) is 0 Å². The normalized spacial score (nSPS) is 12.1. The lowest BCUT2D eigenvalue weighted by atomic mass is 10.1. The SMILES string of the molecule is CCOC(=O)c1cn(-c2cccc(C(OC)c3nccn3C)c2)cn1. The van der Waals surface area contributed by atoms with Crippen LogP contribution in [0.1, 0.15) is 34.9 Å². The van der Waals surface area contributed by atoms with Crippen molar-refractivity contribution in [2.45, 2.75) is 13.0 Å². The van der Waals surface area contributed by atoms with Gasteiger partial charge in [-0.3, -0.25) is 0 Å². The van der Waals surface area contributed by atoms with Gasteiger partial charge in [0.25, 0.3) is 0 Å². The third kappa shape index (κ3) is 3.46. The lowest BCUT2D eigenvalue weighted by Crippen LogP contribution is -2.10. The molecule has 3 aromatic rings. The molecule has 0 bridgehead atoms. The summed E-state index contributed by atoms with van der Waals surface area (Å²) in [6.07, 6.45) is 6.58. The van der Waals surface area contributed by atoms with Gasteiger partial charge in [0.1, 0.15) is 18.3 Å². The van der Waals surface area contributed by atoms with E-state index in [0.717, 1.165) is 17.1 Å². The van der Waals surface area contributed by atoms with Crippen LogP contribution in [0.25, 0.3) is 5.69 Å². The van der Waals surface area contributed by atoms with Crippen LogP contribution in [-0.2, 0) is 16.5 Å². The highest BCUT2D eigenvalue weighted by molar-refractivity contribution is 5.87. The number of aryl methyl sites for hydroxylation is 1. The Morgan fingerprint density at radius 1 is 1.32 bits per heavy atom. The first kappa shape index (κ1) is 16.9. The number of nitrogens with zero attached hydrogens (tertiary/aromatic N) is 4. The van der Waals surface area contributed by atoms with Crippen LogP contribution in [0.15, 0.2) is 49.2 Å². The predicted molar refractivity (Wildman–Crippen MR) is 91.6 cm³/mol. The van der Waals surface area contributed by atoms with E-state index in [-0.39, 0.29) is 11.8 Å². The van der Waals surface area contributed by atoms with Crippen molar-refractivity contribution in [2.75, 3.05) is 13.7 Å². The van der Waals surface area contributed by atoms with Crippen LogP contribution in [0, 0.1) is 0 Å². The Bertz CT molecular complexity index is 869. The molecule has 25 heavy (non-hydrogen) atoms. The van der Waals surface area contributed by atoms with Gasteiger partial charge in [0, 0.05) is 38.4 Å². The number of methoxy groups -OCH3 is 1. The summed E-state index contributed by atoms with van der Waals surface area (Å²) in [4.78, 5) is 20.3. The van der Waals surface area contributed by atoms with Crippen LogP contribution in [-0.4, -0.2) is 38.8 Å². The fraction of sp³-hybridized carbons (Fsp3) is 0.278. The molecule has 1 aromatic carbocycles. The van der Waals surface area contributed by atoms with Gasteiger partial charge in [0.15, 0.2) is 5.69 Å². The minimum Gasteiger partial charge on any atom is -0.461 e. The molecule has 7 nitrogen and oxygen atoms in total. The quantitative estimate of drug-likeness (QED) is 0.645. The van der Waals surface area contributed by atoms with Crippen LogP contribution in [0.5, 0.6) is 0 Å². The average molecular weight is 340 g/mol. The number of benzene rings is 1. The Kier molecular flexibility index (Phi) is 4.95. The topological polar surface area (TPSA) is 71.2 Å². The molecule has 1 atom stereocenters. The maximum atomic E-state index is 11.8. The first-order chi connectivity index (χ1) is 12.1. The van der Waals surface area contributed by atoms with Crippen molar-refractivity contribution < 1.29 is 14.3 Å². The van der Waals surface area contributed by atoms with Gasteiger partial charge in [0.05, 0.1) is 6.61 Å². The number of hydrogen-bond donors (Lipinski definition) is 0. The lowest BCUT2D eigenvalue weighted by Gasteiger charge is -2.16. The molecule has 130 valence electrons. The number of imidazole rings is 2. The Morgan fingerprint density at radius 3 is 2.84 bits per heavy atom. The van der Waals surface area contributed by atoms with Gasteiger partial charge < -0.3 is 18.6 Å². The molecular weight excluding hydrogens is 320 g/mol. The highest BCUT2D eigenvalue weighted by Gasteiger charge is 2.18. The van der Waals surface area contributed by atoms with Gasteiger partial charge in [-0.25, -0.2) is 14.8 Å². The van der Waals surface area contributed by atoms with E-state index in [2.05, 4.69) is 9.97 Å². The third-order valence-electron chi connectivity index (χ3n) is 3.87. The number of hydrogen-bond acceptors (Lipinski definition) is 5. The molecule has 7 heteroatoms. The number of carbonyl (C=O) groups is 1. The lowest BCUT2D eigenvalue weighted by molar-refractivity contribution is 0.0520. The molecule has 0 aliphatic carbocycles. The van der Waals surface area contributed by atoms with E-state index in [1.165, 1.54) is 0 Å². The van der Waals surface area contributed by atoms with Crippen LogP contribution in [0.4, 0.5) is 0 Å². The monoisotopic (exact) mass is 340 g/mol. The minimum atomic E-state index is -0.430. The van der Waals surface area contributed by atoms with Crippen LogP contribution >= 0.6 is 0 Å². The first-order valence-electron chi connectivity index (χ1n) is 7.95. The summed E-state index contributed by atoms with van der Waals surface area (Å²) >= 11 is 0. The van der Waals surface area contributed by atoms with E-state index in [1.54, 1.807) is 37.3 Å². The summed E-state index contributed by atoms with van der Waals surface area (Å²) in [6, 6.07) is 7.84. The van der Waals surface area contributed by atoms with Gasteiger partial charge in [0.2, 0.25) is 0 Å². The largest absolute Gasteiger partial charge is 0.461 e. The van der Waals surface area contributed by atoms with Gasteiger partial charge >= 0.3 is 5.97 Å². The maximum Gasteiger partial charge on any atom is 0.358 e. The van der Waals surface area contributed by atoms with Crippen molar-refractivity contribution in [2.24, 2.45) is 7.05 Å². The van der Waals surface area contributed by atoms with E-state index in [1.807, 2.05) is 42.1 Å². The molecule has 2 aromatic heterocycles. The number of ether oxygens (including phenoxy) is 2. The molecular formula is C18H20N4O3. The summed E-state index contributed by atoms with van der Waals surface area (Å²) < 4.78 is 14.3. The van der Waals surface area contributed by atoms with E-state index < -0.39 is 5.97 Å². The molecule has 1 unspecified atom stereocenters. The number of rotatable bonds is 6. The van der Waals surface area contributed by atoms with E-state index in [9.17, 15) is 4.79 Å². The van der Waals surface area contributed by atoms with Crippen molar-refractivity contribution >= 4 is 5.97 Å². The van der Waals surface area contributed by atoms with Crippen LogP contribution in [0.2, 0.25) is 0 Å². The molecule has 0 saturated heterocycles. The zero-order valence-electron chi connectivity index (χ0n) is 14.4. The summed E-state index contributed by atoms with van der Waals surface area (Å²) in [7, 11) is 3.59. The highest BCUT2D eigenvalue weighted by atomic mass is 16.5. The predicted octanol–water partition coefficient (Wildman–Crippen LogP) is 2.52. The van der Waals surface area contributed by atoms with Crippen molar-refractivity contribution in [1.82, 2.24) is 19.1 Å². The Balaban J connectivity index is 1.91. The van der Waals surface area contributed by atoms with Gasteiger partial charge in [-0.05, 0) is 24.6 Å². The molecule has 0 saturated carbocycles. The Labute approximate surface area is 145 Å². The van der Waals surface area contributed by atoms with Crippen molar-refractivity contribution in [3.05, 3.63) is 66.3 Å². The zero-order valence-corrected chi connectivity index (χ0v) is 14.4.